The maximum Gasteiger partial charge on any atom is 0.251 e. The van der Waals surface area contributed by atoms with Gasteiger partial charge in [-0.05, 0) is 45.3 Å². The van der Waals surface area contributed by atoms with Crippen molar-refractivity contribution in [1.29, 1.82) is 0 Å². The summed E-state index contributed by atoms with van der Waals surface area (Å²) < 4.78 is 1.83. The lowest BCUT2D eigenvalue weighted by Crippen LogP contribution is -2.22. The van der Waals surface area contributed by atoms with Gasteiger partial charge in [0.25, 0.3) is 5.56 Å². The highest BCUT2D eigenvalue weighted by Crippen LogP contribution is 2.18. The van der Waals surface area contributed by atoms with Crippen molar-refractivity contribution >= 4 is 11.6 Å². The van der Waals surface area contributed by atoms with Gasteiger partial charge in [0.2, 0.25) is 0 Å². The molecule has 2 aromatic heterocycles. The second kappa shape index (κ2) is 6.89. The number of nitrogens with one attached hydrogen (secondary N) is 1. The van der Waals surface area contributed by atoms with Crippen LogP contribution in [0, 0.1) is 0 Å². The molecule has 2 heterocycles. The third-order valence-corrected chi connectivity index (χ3v) is 3.51. The van der Waals surface area contributed by atoms with E-state index in [1.54, 1.807) is 6.07 Å². The highest BCUT2D eigenvalue weighted by Gasteiger charge is 2.15. The molecule has 0 fully saturated rings. The van der Waals surface area contributed by atoms with Crippen molar-refractivity contribution < 1.29 is 0 Å². The number of aromatic nitrogens is 5. The number of hydrogen-bond acceptors (Lipinski definition) is 4. The van der Waals surface area contributed by atoms with Gasteiger partial charge in [-0.3, -0.25) is 4.79 Å². The topological polar surface area (TPSA) is 76.5 Å². The minimum Gasteiger partial charge on any atom is -0.307 e. The fourth-order valence-electron chi connectivity index (χ4n) is 2.23. The van der Waals surface area contributed by atoms with Crippen LogP contribution in [0.3, 0.4) is 0 Å². The molecule has 1 N–H and O–H groups in total. The molecule has 6 heteroatoms. The summed E-state index contributed by atoms with van der Waals surface area (Å²) in [6.07, 6.45) is 6.35. The van der Waals surface area contributed by atoms with Gasteiger partial charge in [0, 0.05) is 11.8 Å². The largest absolute Gasteiger partial charge is 0.307 e. The molecular weight excluding hydrogens is 290 g/mol. The van der Waals surface area contributed by atoms with Crippen LogP contribution in [-0.4, -0.2) is 25.0 Å². The number of aryl methyl sites for hydroxylation is 1. The molecule has 0 radical (unpaired) electrons. The average molecular weight is 315 g/mol. The fraction of sp³-hybridized carbons (Fsp3) is 0.529. The van der Waals surface area contributed by atoms with Crippen LogP contribution in [0.5, 0.6) is 0 Å². The first-order valence-electron chi connectivity index (χ1n) is 8.07. The van der Waals surface area contributed by atoms with E-state index in [9.17, 15) is 4.79 Å². The number of aromatic amines is 1. The summed E-state index contributed by atoms with van der Waals surface area (Å²) >= 11 is 0. The van der Waals surface area contributed by atoms with Gasteiger partial charge in [-0.25, -0.2) is 9.67 Å². The molecule has 0 spiro atoms. The molecule has 0 aliphatic rings. The van der Waals surface area contributed by atoms with Crippen LogP contribution >= 0.6 is 0 Å². The zero-order chi connectivity index (χ0) is 17.0. The number of rotatable bonds is 5. The summed E-state index contributed by atoms with van der Waals surface area (Å²) in [5, 5.41) is 8.36. The molecule has 2 rings (SSSR count). The SMILES string of the molecule is CCCc1cc(=O)[nH]c(/C(=C\c2cn(C(C)(C)C)nn2)CC)n1. The zero-order valence-electron chi connectivity index (χ0n) is 14.6. The number of nitrogens with zero attached hydrogens (tertiary/aromatic N) is 4. The first-order valence-corrected chi connectivity index (χ1v) is 8.07. The van der Waals surface area contributed by atoms with Crippen molar-refractivity contribution in [2.45, 2.75) is 59.4 Å². The van der Waals surface area contributed by atoms with E-state index in [0.29, 0.717) is 5.82 Å². The Morgan fingerprint density at radius 2 is 2.09 bits per heavy atom. The summed E-state index contributed by atoms with van der Waals surface area (Å²) in [4.78, 5) is 19.2. The third-order valence-electron chi connectivity index (χ3n) is 3.51. The van der Waals surface area contributed by atoms with E-state index in [-0.39, 0.29) is 11.1 Å². The van der Waals surface area contributed by atoms with Crippen molar-refractivity contribution in [2.24, 2.45) is 0 Å². The van der Waals surface area contributed by atoms with E-state index < -0.39 is 0 Å². The Morgan fingerprint density at radius 1 is 1.35 bits per heavy atom. The van der Waals surface area contributed by atoms with E-state index in [2.05, 4.69) is 48.0 Å². The predicted molar refractivity (Wildman–Crippen MR) is 92.0 cm³/mol. The predicted octanol–water partition coefficient (Wildman–Crippen LogP) is 3.02. The second-order valence-electron chi connectivity index (χ2n) is 6.62. The summed E-state index contributed by atoms with van der Waals surface area (Å²) in [6, 6.07) is 1.57. The zero-order valence-corrected chi connectivity index (χ0v) is 14.6. The summed E-state index contributed by atoms with van der Waals surface area (Å²) in [7, 11) is 0. The van der Waals surface area contributed by atoms with Crippen molar-refractivity contribution in [3.8, 4) is 0 Å². The highest BCUT2D eigenvalue weighted by atomic mass is 16.1. The molecule has 0 atom stereocenters. The fourth-order valence-corrected chi connectivity index (χ4v) is 2.23. The van der Waals surface area contributed by atoms with Gasteiger partial charge in [-0.1, -0.05) is 25.5 Å². The molecule has 0 aliphatic heterocycles. The molecule has 0 amide bonds. The van der Waals surface area contributed by atoms with Crippen molar-refractivity contribution in [3.05, 3.63) is 39.8 Å². The minimum atomic E-state index is -0.115. The molecule has 6 nitrogen and oxygen atoms in total. The van der Waals surface area contributed by atoms with Gasteiger partial charge in [-0.15, -0.1) is 5.10 Å². The van der Waals surface area contributed by atoms with Crippen molar-refractivity contribution in [2.75, 3.05) is 0 Å². The normalized spacial score (nSPS) is 12.7. The third kappa shape index (κ3) is 4.37. The molecule has 0 bridgehead atoms. The standard InChI is InChI=1S/C17H25N5O/c1-6-8-13-10-15(23)19-16(18-13)12(7-2)9-14-11-22(21-20-14)17(3,4)5/h9-11H,6-8H2,1-5H3,(H,18,19,23)/b12-9-. The van der Waals surface area contributed by atoms with Crippen LogP contribution in [0.4, 0.5) is 0 Å². The van der Waals surface area contributed by atoms with Crippen LogP contribution < -0.4 is 5.56 Å². The van der Waals surface area contributed by atoms with Crippen molar-refractivity contribution in [3.63, 3.8) is 0 Å². The minimum absolute atomic E-state index is 0.112. The average Bonchev–Trinajstić information content (AvgIpc) is 2.93. The molecule has 124 valence electrons. The molecule has 0 unspecified atom stereocenters. The molecule has 0 aliphatic carbocycles. The Kier molecular flexibility index (Phi) is 5.13. The number of hydrogen-bond donors (Lipinski definition) is 1. The van der Waals surface area contributed by atoms with E-state index >= 15 is 0 Å². The van der Waals surface area contributed by atoms with E-state index in [1.165, 1.54) is 0 Å². The first-order chi connectivity index (χ1) is 10.8. The molecule has 23 heavy (non-hydrogen) atoms. The van der Waals surface area contributed by atoms with Crippen LogP contribution in [0.15, 0.2) is 17.1 Å². The second-order valence-corrected chi connectivity index (χ2v) is 6.62. The lowest BCUT2D eigenvalue weighted by Gasteiger charge is -2.17. The smallest absolute Gasteiger partial charge is 0.251 e. The Morgan fingerprint density at radius 3 is 2.65 bits per heavy atom. The van der Waals surface area contributed by atoms with Crippen LogP contribution in [0.2, 0.25) is 0 Å². The van der Waals surface area contributed by atoms with E-state index in [1.807, 2.05) is 23.9 Å². The summed E-state index contributed by atoms with van der Waals surface area (Å²) in [6.45, 7) is 10.3. The monoisotopic (exact) mass is 315 g/mol. The van der Waals surface area contributed by atoms with Crippen LogP contribution in [0.25, 0.3) is 11.6 Å². The maximum absolute atomic E-state index is 11.8. The van der Waals surface area contributed by atoms with Crippen LogP contribution in [-0.2, 0) is 12.0 Å². The molecule has 2 aromatic rings. The quantitative estimate of drug-likeness (QED) is 0.920. The van der Waals surface area contributed by atoms with Gasteiger partial charge in [0.1, 0.15) is 11.5 Å². The first kappa shape index (κ1) is 17.1. The Hall–Kier alpha value is -2.24. The molecular formula is C17H25N5O. The van der Waals surface area contributed by atoms with E-state index in [4.69, 9.17) is 0 Å². The van der Waals surface area contributed by atoms with E-state index in [0.717, 1.165) is 36.2 Å². The lowest BCUT2D eigenvalue weighted by molar-refractivity contribution is 0.347. The van der Waals surface area contributed by atoms with Gasteiger partial charge >= 0.3 is 0 Å². The maximum atomic E-state index is 11.8. The van der Waals surface area contributed by atoms with Gasteiger partial charge in [-0.2, -0.15) is 0 Å². The summed E-state index contributed by atoms with van der Waals surface area (Å²) in [5.41, 5.74) is 2.31. The molecule has 0 aromatic carbocycles. The van der Waals surface area contributed by atoms with Crippen molar-refractivity contribution in [1.82, 2.24) is 25.0 Å². The molecule has 0 saturated carbocycles. The van der Waals surface area contributed by atoms with Crippen LogP contribution in [0.1, 0.15) is 64.7 Å². The Labute approximate surface area is 136 Å². The van der Waals surface area contributed by atoms with Gasteiger partial charge < -0.3 is 4.98 Å². The molecule has 0 saturated heterocycles. The van der Waals surface area contributed by atoms with Gasteiger partial charge in [0.05, 0.1) is 11.7 Å². The Balaban J connectivity index is 2.39. The number of H-pyrrole nitrogens is 1. The lowest BCUT2D eigenvalue weighted by atomic mass is 10.1. The summed E-state index contributed by atoms with van der Waals surface area (Å²) in [5.74, 6) is 0.619. The highest BCUT2D eigenvalue weighted by molar-refractivity contribution is 5.76. The Bertz CT molecular complexity index is 749. The van der Waals surface area contributed by atoms with Gasteiger partial charge in [0.15, 0.2) is 0 Å². The number of allylic oxidation sites excluding steroid dienone is 1.